The molecule has 0 aliphatic carbocycles. The van der Waals surface area contributed by atoms with Gasteiger partial charge < -0.3 is 0 Å². The molecule has 0 aliphatic rings. The van der Waals surface area contributed by atoms with E-state index in [-0.39, 0.29) is 11.6 Å². The van der Waals surface area contributed by atoms with Crippen LogP contribution in [0.2, 0.25) is 0 Å². The molecule has 0 aromatic carbocycles. The van der Waals surface area contributed by atoms with Crippen molar-refractivity contribution in [2.75, 3.05) is 6.26 Å². The van der Waals surface area contributed by atoms with Crippen molar-refractivity contribution in [2.24, 2.45) is 0 Å². The Morgan fingerprint density at radius 2 is 1.50 bits per heavy atom. The van der Waals surface area contributed by atoms with E-state index >= 15 is 0 Å². The molecule has 0 aliphatic heterocycles. The topological polar surface area (TPSA) is 37.4 Å². The standard InChI is InChI=1S/C8H19NO2S/c1-7(2)9(8(3,4)5)12(6,10)11/h7H,1-6H3. The molecular formula is C8H19NO2S. The number of rotatable bonds is 2. The summed E-state index contributed by atoms with van der Waals surface area (Å²) < 4.78 is 24.2. The summed E-state index contributed by atoms with van der Waals surface area (Å²) in [7, 11) is -3.09. The monoisotopic (exact) mass is 193 g/mol. The van der Waals surface area contributed by atoms with Gasteiger partial charge >= 0.3 is 0 Å². The molecule has 12 heavy (non-hydrogen) atoms. The maximum atomic E-state index is 11.3. The third-order valence-electron chi connectivity index (χ3n) is 1.49. The van der Waals surface area contributed by atoms with Crippen molar-refractivity contribution in [1.29, 1.82) is 0 Å². The van der Waals surface area contributed by atoms with E-state index in [0.717, 1.165) is 0 Å². The molecule has 74 valence electrons. The summed E-state index contributed by atoms with van der Waals surface area (Å²) in [6.45, 7) is 9.45. The van der Waals surface area contributed by atoms with Crippen LogP contribution in [0.15, 0.2) is 0 Å². The molecule has 0 aromatic heterocycles. The Kier molecular flexibility index (Phi) is 3.32. The van der Waals surface area contributed by atoms with Gasteiger partial charge in [-0.2, -0.15) is 4.31 Å². The maximum absolute atomic E-state index is 11.3. The van der Waals surface area contributed by atoms with Gasteiger partial charge in [-0.05, 0) is 34.6 Å². The van der Waals surface area contributed by atoms with Gasteiger partial charge in [-0.15, -0.1) is 0 Å². The van der Waals surface area contributed by atoms with Crippen molar-refractivity contribution in [3.8, 4) is 0 Å². The van der Waals surface area contributed by atoms with Crippen molar-refractivity contribution < 1.29 is 8.42 Å². The molecule has 0 spiro atoms. The molecule has 0 heterocycles. The largest absolute Gasteiger partial charge is 0.212 e. The molecule has 0 saturated heterocycles. The molecule has 0 amide bonds. The Bertz CT molecular complexity index is 236. The molecule has 4 heteroatoms. The Morgan fingerprint density at radius 3 is 1.50 bits per heavy atom. The number of nitrogens with zero attached hydrogens (tertiary/aromatic N) is 1. The highest BCUT2D eigenvalue weighted by Gasteiger charge is 2.31. The van der Waals surface area contributed by atoms with Crippen LogP contribution in [-0.2, 0) is 10.0 Å². The van der Waals surface area contributed by atoms with Crippen LogP contribution in [0.5, 0.6) is 0 Å². The Balaban J connectivity index is 4.97. The summed E-state index contributed by atoms with van der Waals surface area (Å²) in [4.78, 5) is 0. The highest BCUT2D eigenvalue weighted by molar-refractivity contribution is 7.88. The van der Waals surface area contributed by atoms with Crippen molar-refractivity contribution in [3.05, 3.63) is 0 Å². The normalized spacial score (nSPS) is 14.3. The summed E-state index contributed by atoms with van der Waals surface area (Å²) in [5.74, 6) is 0. The number of hydrogen-bond donors (Lipinski definition) is 0. The van der Waals surface area contributed by atoms with Crippen molar-refractivity contribution in [2.45, 2.75) is 46.2 Å². The first-order valence-corrected chi connectivity index (χ1v) is 5.91. The fourth-order valence-electron chi connectivity index (χ4n) is 1.66. The lowest BCUT2D eigenvalue weighted by Gasteiger charge is -2.36. The molecular weight excluding hydrogens is 174 g/mol. The quantitative estimate of drug-likeness (QED) is 0.665. The first-order chi connectivity index (χ1) is 5.07. The zero-order valence-electron chi connectivity index (χ0n) is 8.75. The SMILES string of the molecule is CC(C)N(C(C)(C)C)S(C)(=O)=O. The highest BCUT2D eigenvalue weighted by Crippen LogP contribution is 2.20. The smallest absolute Gasteiger partial charge is 0.211 e. The summed E-state index contributed by atoms with van der Waals surface area (Å²) >= 11 is 0. The summed E-state index contributed by atoms with van der Waals surface area (Å²) in [5, 5.41) is 0. The minimum absolute atomic E-state index is 0.0139. The highest BCUT2D eigenvalue weighted by atomic mass is 32.2. The zero-order chi connectivity index (χ0) is 10.2. The molecule has 0 bridgehead atoms. The number of hydrogen-bond acceptors (Lipinski definition) is 2. The molecule has 0 N–H and O–H groups in total. The van der Waals surface area contributed by atoms with E-state index in [0.29, 0.717) is 0 Å². The van der Waals surface area contributed by atoms with Crippen LogP contribution in [0.1, 0.15) is 34.6 Å². The lowest BCUT2D eigenvalue weighted by atomic mass is 10.1. The molecule has 3 nitrogen and oxygen atoms in total. The third kappa shape index (κ3) is 3.11. The Morgan fingerprint density at radius 1 is 1.17 bits per heavy atom. The van der Waals surface area contributed by atoms with E-state index in [1.54, 1.807) is 0 Å². The van der Waals surface area contributed by atoms with Gasteiger partial charge in [0, 0.05) is 11.6 Å². The van der Waals surface area contributed by atoms with Crippen molar-refractivity contribution >= 4 is 10.0 Å². The zero-order valence-corrected chi connectivity index (χ0v) is 9.57. The summed E-state index contributed by atoms with van der Waals surface area (Å²) in [5.41, 5.74) is -0.332. The average Bonchev–Trinajstić information content (AvgIpc) is 1.49. The van der Waals surface area contributed by atoms with Crippen LogP contribution in [0.3, 0.4) is 0 Å². The third-order valence-corrected chi connectivity index (χ3v) is 3.17. The fraction of sp³-hybridized carbons (Fsp3) is 1.00. The lowest BCUT2D eigenvalue weighted by Crippen LogP contribution is -2.48. The van der Waals surface area contributed by atoms with Crippen molar-refractivity contribution in [1.82, 2.24) is 4.31 Å². The van der Waals surface area contributed by atoms with E-state index in [1.165, 1.54) is 10.6 Å². The van der Waals surface area contributed by atoms with E-state index in [2.05, 4.69) is 0 Å². The molecule has 0 aromatic rings. The van der Waals surface area contributed by atoms with Gasteiger partial charge in [-0.3, -0.25) is 0 Å². The number of sulfonamides is 1. The van der Waals surface area contributed by atoms with Gasteiger partial charge in [-0.25, -0.2) is 8.42 Å². The molecule has 0 fully saturated rings. The van der Waals surface area contributed by atoms with Crippen LogP contribution in [0.25, 0.3) is 0 Å². The predicted octanol–water partition coefficient (Wildman–Crippen LogP) is 1.45. The van der Waals surface area contributed by atoms with Gasteiger partial charge in [0.1, 0.15) is 0 Å². The molecule has 0 saturated carbocycles. The Labute approximate surface area is 75.8 Å². The lowest BCUT2D eigenvalue weighted by molar-refractivity contribution is 0.211. The average molecular weight is 193 g/mol. The molecule has 0 rings (SSSR count). The second kappa shape index (κ2) is 3.34. The van der Waals surface area contributed by atoms with Crippen LogP contribution in [0, 0.1) is 0 Å². The minimum atomic E-state index is -3.09. The van der Waals surface area contributed by atoms with Gasteiger partial charge in [0.15, 0.2) is 0 Å². The maximum Gasteiger partial charge on any atom is 0.211 e. The van der Waals surface area contributed by atoms with E-state index in [1.807, 2.05) is 34.6 Å². The minimum Gasteiger partial charge on any atom is -0.212 e. The van der Waals surface area contributed by atoms with Gasteiger partial charge in [-0.1, -0.05) is 0 Å². The van der Waals surface area contributed by atoms with Gasteiger partial charge in [0.05, 0.1) is 6.26 Å². The predicted molar refractivity (Wildman–Crippen MR) is 51.6 cm³/mol. The second-order valence-corrected chi connectivity index (χ2v) is 6.18. The van der Waals surface area contributed by atoms with Gasteiger partial charge in [0.2, 0.25) is 10.0 Å². The van der Waals surface area contributed by atoms with Crippen molar-refractivity contribution in [3.63, 3.8) is 0 Å². The summed E-state index contributed by atoms with van der Waals surface area (Å²) in [6, 6.07) is 0.0139. The first-order valence-electron chi connectivity index (χ1n) is 4.06. The summed E-state index contributed by atoms with van der Waals surface area (Å²) in [6.07, 6.45) is 1.25. The second-order valence-electron chi connectivity index (χ2n) is 4.32. The van der Waals surface area contributed by atoms with E-state index in [9.17, 15) is 8.42 Å². The molecule has 0 unspecified atom stereocenters. The molecule has 0 atom stereocenters. The first kappa shape index (κ1) is 11.9. The Hall–Kier alpha value is -0.0900. The fourth-order valence-corrected chi connectivity index (χ4v) is 3.42. The van der Waals surface area contributed by atoms with Crippen LogP contribution >= 0.6 is 0 Å². The van der Waals surface area contributed by atoms with Crippen LogP contribution in [0.4, 0.5) is 0 Å². The van der Waals surface area contributed by atoms with Crippen LogP contribution < -0.4 is 0 Å². The molecule has 0 radical (unpaired) electrons. The van der Waals surface area contributed by atoms with E-state index in [4.69, 9.17) is 0 Å². The van der Waals surface area contributed by atoms with Crippen LogP contribution in [-0.4, -0.2) is 30.6 Å². The van der Waals surface area contributed by atoms with Gasteiger partial charge in [0.25, 0.3) is 0 Å². The van der Waals surface area contributed by atoms with E-state index < -0.39 is 10.0 Å².